The second-order valence-corrected chi connectivity index (χ2v) is 8.12. The van der Waals surface area contributed by atoms with E-state index in [1.54, 1.807) is 6.92 Å². The van der Waals surface area contributed by atoms with E-state index < -0.39 is 35.6 Å². The Labute approximate surface area is 179 Å². The van der Waals surface area contributed by atoms with Crippen molar-refractivity contribution in [3.05, 3.63) is 70.8 Å². The molecule has 2 aromatic rings. The lowest BCUT2D eigenvalue weighted by molar-refractivity contribution is -0.137. The maximum Gasteiger partial charge on any atom is 0.416 e. The Morgan fingerprint density at radius 3 is 2.45 bits per heavy atom. The Morgan fingerprint density at radius 2 is 1.90 bits per heavy atom. The number of piperidine rings is 1. The molecule has 3 N–H and O–H groups in total. The third-order valence-electron chi connectivity index (χ3n) is 5.84. The van der Waals surface area contributed by atoms with Gasteiger partial charge in [-0.1, -0.05) is 36.4 Å². The molecule has 1 fully saturated rings. The topological polar surface area (TPSA) is 71.1 Å². The van der Waals surface area contributed by atoms with E-state index in [1.165, 1.54) is 6.07 Å². The van der Waals surface area contributed by atoms with Crippen LogP contribution in [0, 0.1) is 11.3 Å². The standard InChI is InChI=1S/C23H25F4N3O/c1-16(18-9-17(12-24)10-20(11-18)23(25,26)27)31-15-22(19-5-3-2-4-6-19)8-7-21(29,13-28)14-30-22/h2-6,9-11,16,30H,7-8,12,14-15,29H2,1H3/t16-,21-,22-/m1/s1. The van der Waals surface area contributed by atoms with Crippen LogP contribution in [0.15, 0.2) is 48.5 Å². The fraction of sp³-hybridized carbons (Fsp3) is 0.435. The average Bonchev–Trinajstić information content (AvgIpc) is 2.78. The minimum atomic E-state index is -4.57. The molecule has 1 saturated heterocycles. The monoisotopic (exact) mass is 435 g/mol. The second kappa shape index (κ2) is 8.95. The number of benzene rings is 2. The van der Waals surface area contributed by atoms with Crippen LogP contribution < -0.4 is 11.1 Å². The summed E-state index contributed by atoms with van der Waals surface area (Å²) in [5, 5.41) is 12.7. The van der Waals surface area contributed by atoms with Crippen LogP contribution in [0.2, 0.25) is 0 Å². The van der Waals surface area contributed by atoms with Gasteiger partial charge in [0.05, 0.1) is 29.9 Å². The highest BCUT2D eigenvalue weighted by Gasteiger charge is 2.42. The molecule has 3 rings (SSSR count). The number of nitrogens with zero attached hydrogens (tertiary/aromatic N) is 1. The van der Waals surface area contributed by atoms with Crippen molar-refractivity contribution < 1.29 is 22.3 Å². The first kappa shape index (κ1) is 23.2. The first-order valence-electron chi connectivity index (χ1n) is 10.0. The first-order chi connectivity index (χ1) is 14.6. The van der Waals surface area contributed by atoms with E-state index in [-0.39, 0.29) is 24.3 Å². The molecule has 0 amide bonds. The summed E-state index contributed by atoms with van der Waals surface area (Å²) in [6, 6.07) is 14.8. The van der Waals surface area contributed by atoms with Gasteiger partial charge in [-0.25, -0.2) is 4.39 Å². The van der Waals surface area contributed by atoms with Crippen molar-refractivity contribution in [1.29, 1.82) is 5.26 Å². The number of alkyl halides is 4. The Hall–Kier alpha value is -2.47. The predicted octanol–water partition coefficient (Wildman–Crippen LogP) is 4.75. The summed E-state index contributed by atoms with van der Waals surface area (Å²) in [7, 11) is 0. The van der Waals surface area contributed by atoms with Crippen LogP contribution in [-0.2, 0) is 23.1 Å². The average molecular weight is 435 g/mol. The number of hydrogen-bond acceptors (Lipinski definition) is 4. The largest absolute Gasteiger partial charge is 0.416 e. The SMILES string of the molecule is C[C@@H](OC[C@@]1(c2ccccc2)CC[C@@](N)(C#N)CN1)c1cc(CF)cc(C(F)(F)F)c1. The number of nitrogens with one attached hydrogen (secondary N) is 1. The Kier molecular flexibility index (Phi) is 6.70. The van der Waals surface area contributed by atoms with Crippen molar-refractivity contribution in [1.82, 2.24) is 5.32 Å². The second-order valence-electron chi connectivity index (χ2n) is 8.12. The zero-order chi connectivity index (χ0) is 22.7. The minimum absolute atomic E-state index is 0.0456. The Balaban J connectivity index is 1.84. The summed E-state index contributed by atoms with van der Waals surface area (Å²) >= 11 is 0. The Morgan fingerprint density at radius 1 is 1.19 bits per heavy atom. The molecule has 0 saturated carbocycles. The molecule has 31 heavy (non-hydrogen) atoms. The number of nitriles is 1. The summed E-state index contributed by atoms with van der Waals surface area (Å²) in [4.78, 5) is 0. The van der Waals surface area contributed by atoms with Gasteiger partial charge in [-0.15, -0.1) is 0 Å². The number of ether oxygens (including phenoxy) is 1. The van der Waals surface area contributed by atoms with Gasteiger partial charge in [0.15, 0.2) is 0 Å². The molecule has 3 atom stereocenters. The summed E-state index contributed by atoms with van der Waals surface area (Å²) in [6.07, 6.45) is -4.31. The smallest absolute Gasteiger partial charge is 0.372 e. The summed E-state index contributed by atoms with van der Waals surface area (Å²) in [5.74, 6) is 0. The van der Waals surface area contributed by atoms with Gasteiger partial charge >= 0.3 is 6.18 Å². The molecule has 0 aliphatic carbocycles. The highest BCUT2D eigenvalue weighted by atomic mass is 19.4. The molecule has 4 nitrogen and oxygen atoms in total. The van der Waals surface area contributed by atoms with Crippen molar-refractivity contribution in [3.63, 3.8) is 0 Å². The van der Waals surface area contributed by atoms with Crippen molar-refractivity contribution in [3.8, 4) is 6.07 Å². The van der Waals surface area contributed by atoms with Gasteiger partial charge < -0.3 is 15.8 Å². The van der Waals surface area contributed by atoms with E-state index in [9.17, 15) is 22.8 Å². The summed E-state index contributed by atoms with van der Waals surface area (Å²) in [6.45, 7) is 1.06. The molecule has 8 heteroatoms. The molecule has 1 aliphatic heterocycles. The fourth-order valence-corrected chi connectivity index (χ4v) is 3.80. The zero-order valence-electron chi connectivity index (χ0n) is 17.2. The van der Waals surface area contributed by atoms with Crippen molar-refractivity contribution in [2.75, 3.05) is 13.2 Å². The lowest BCUT2D eigenvalue weighted by Crippen LogP contribution is -2.61. The van der Waals surface area contributed by atoms with Crippen molar-refractivity contribution in [2.24, 2.45) is 5.73 Å². The normalized spacial score (nSPS) is 25.1. The van der Waals surface area contributed by atoms with E-state index in [4.69, 9.17) is 10.5 Å². The van der Waals surface area contributed by atoms with E-state index in [1.807, 2.05) is 30.3 Å². The first-order valence-corrected chi connectivity index (χ1v) is 10.0. The molecule has 0 aromatic heterocycles. The van der Waals surface area contributed by atoms with Gasteiger partial charge in [0, 0.05) is 6.54 Å². The maximum absolute atomic E-state index is 13.2. The van der Waals surface area contributed by atoms with Crippen LogP contribution >= 0.6 is 0 Å². The molecule has 1 aliphatic rings. The van der Waals surface area contributed by atoms with Crippen LogP contribution in [0.25, 0.3) is 0 Å². The van der Waals surface area contributed by atoms with Gasteiger partial charge in [0.25, 0.3) is 0 Å². The van der Waals surface area contributed by atoms with E-state index in [0.29, 0.717) is 12.8 Å². The molecule has 0 unspecified atom stereocenters. The number of rotatable bonds is 6. The number of halogens is 4. The highest BCUT2D eigenvalue weighted by molar-refractivity contribution is 5.33. The molecule has 2 aromatic carbocycles. The highest BCUT2D eigenvalue weighted by Crippen LogP contribution is 2.36. The fourth-order valence-electron chi connectivity index (χ4n) is 3.80. The van der Waals surface area contributed by atoms with Crippen molar-refractivity contribution in [2.45, 2.75) is 49.8 Å². The van der Waals surface area contributed by atoms with E-state index in [0.717, 1.165) is 17.7 Å². The minimum Gasteiger partial charge on any atom is -0.372 e. The van der Waals surface area contributed by atoms with Crippen LogP contribution in [0.5, 0.6) is 0 Å². The molecule has 0 bridgehead atoms. The number of hydrogen-bond donors (Lipinski definition) is 2. The molecular weight excluding hydrogens is 410 g/mol. The molecule has 1 heterocycles. The zero-order valence-corrected chi connectivity index (χ0v) is 17.2. The third-order valence-corrected chi connectivity index (χ3v) is 5.84. The van der Waals surface area contributed by atoms with Crippen LogP contribution in [-0.4, -0.2) is 18.7 Å². The summed E-state index contributed by atoms with van der Waals surface area (Å²) < 4.78 is 58.8. The van der Waals surface area contributed by atoms with E-state index >= 15 is 0 Å². The molecule has 0 radical (unpaired) electrons. The van der Waals surface area contributed by atoms with Gasteiger partial charge in [-0.05, 0) is 48.6 Å². The molecular formula is C23H25F4N3O. The molecule has 0 spiro atoms. The van der Waals surface area contributed by atoms with Crippen molar-refractivity contribution >= 4 is 0 Å². The van der Waals surface area contributed by atoms with Crippen LogP contribution in [0.4, 0.5) is 17.6 Å². The van der Waals surface area contributed by atoms with Gasteiger partial charge in [0.1, 0.15) is 12.2 Å². The van der Waals surface area contributed by atoms with Gasteiger partial charge in [-0.3, -0.25) is 0 Å². The van der Waals surface area contributed by atoms with Gasteiger partial charge in [-0.2, -0.15) is 18.4 Å². The lowest BCUT2D eigenvalue weighted by Gasteiger charge is -2.44. The van der Waals surface area contributed by atoms with Gasteiger partial charge in [0.2, 0.25) is 0 Å². The Bertz CT molecular complexity index is 932. The van der Waals surface area contributed by atoms with Crippen LogP contribution in [0.1, 0.15) is 48.1 Å². The number of nitrogens with two attached hydrogens (primary N) is 1. The summed E-state index contributed by atoms with van der Waals surface area (Å²) in [5.41, 5.74) is 4.71. The quantitative estimate of drug-likeness (QED) is 0.643. The lowest BCUT2D eigenvalue weighted by atomic mass is 9.77. The van der Waals surface area contributed by atoms with Crippen LogP contribution in [0.3, 0.4) is 0 Å². The predicted molar refractivity (Wildman–Crippen MR) is 109 cm³/mol. The van der Waals surface area contributed by atoms with E-state index in [2.05, 4.69) is 11.4 Å². The molecule has 166 valence electrons. The third kappa shape index (κ3) is 5.24. The maximum atomic E-state index is 13.2.